The summed E-state index contributed by atoms with van der Waals surface area (Å²) in [5.41, 5.74) is 4.41. The van der Waals surface area contributed by atoms with E-state index in [1.165, 1.54) is 6.39 Å². The second kappa shape index (κ2) is 4.42. The zero-order chi connectivity index (χ0) is 12.5. The van der Waals surface area contributed by atoms with E-state index < -0.39 is 0 Å². The van der Waals surface area contributed by atoms with Crippen molar-refractivity contribution in [3.8, 4) is 11.3 Å². The van der Waals surface area contributed by atoms with Crippen LogP contribution in [-0.2, 0) is 5.75 Å². The molecule has 3 aromatic rings. The monoisotopic (exact) mass is 257 g/mol. The van der Waals surface area contributed by atoms with E-state index in [4.69, 9.17) is 4.42 Å². The highest BCUT2D eigenvalue weighted by atomic mass is 32.1. The number of rotatable bonds is 2. The lowest BCUT2D eigenvalue weighted by Crippen LogP contribution is -1.96. The second-order valence-corrected chi connectivity index (χ2v) is 4.32. The molecule has 0 N–H and O–H groups in total. The Morgan fingerprint density at radius 2 is 2.11 bits per heavy atom. The predicted octanol–water partition coefficient (Wildman–Crippen LogP) is 3.02. The molecule has 0 spiro atoms. The number of aryl methyl sites for hydroxylation is 1. The molecule has 0 saturated heterocycles. The van der Waals surface area contributed by atoms with E-state index >= 15 is 0 Å². The highest BCUT2D eigenvalue weighted by molar-refractivity contribution is 7.79. The maximum atomic E-state index is 5.30. The Labute approximate surface area is 110 Å². The van der Waals surface area contributed by atoms with Crippen LogP contribution in [-0.4, -0.2) is 15.0 Å². The van der Waals surface area contributed by atoms with Crippen molar-refractivity contribution in [2.75, 3.05) is 0 Å². The zero-order valence-electron chi connectivity index (χ0n) is 9.79. The van der Waals surface area contributed by atoms with Crippen LogP contribution >= 0.6 is 12.6 Å². The van der Waals surface area contributed by atoms with Crippen LogP contribution in [0.1, 0.15) is 11.5 Å². The van der Waals surface area contributed by atoms with Gasteiger partial charge in [0.1, 0.15) is 11.3 Å². The third-order valence-electron chi connectivity index (χ3n) is 2.67. The Balaban J connectivity index is 2.15. The van der Waals surface area contributed by atoms with Crippen molar-refractivity contribution >= 4 is 23.7 Å². The fourth-order valence-electron chi connectivity index (χ4n) is 1.86. The van der Waals surface area contributed by atoms with Crippen LogP contribution in [0.15, 0.2) is 35.1 Å². The quantitative estimate of drug-likeness (QED) is 0.717. The Morgan fingerprint density at radius 1 is 1.22 bits per heavy atom. The number of hydrogen-bond donors (Lipinski definition) is 1. The van der Waals surface area contributed by atoms with Gasteiger partial charge in [-0.1, -0.05) is 6.07 Å². The third kappa shape index (κ3) is 1.97. The molecule has 0 atom stereocenters. The molecule has 2 heterocycles. The first kappa shape index (κ1) is 11.2. The SMILES string of the molecule is Cc1cc(-c2ccc3ncoc3c2)nc(CS)n1. The number of oxazole rings is 1. The number of nitrogens with zero attached hydrogens (tertiary/aromatic N) is 3. The number of benzene rings is 1. The summed E-state index contributed by atoms with van der Waals surface area (Å²) in [4.78, 5) is 12.9. The number of thiol groups is 1. The minimum Gasteiger partial charge on any atom is -0.443 e. The molecule has 18 heavy (non-hydrogen) atoms. The molecule has 0 radical (unpaired) electrons. The summed E-state index contributed by atoms with van der Waals surface area (Å²) < 4.78 is 5.30. The molecule has 0 saturated carbocycles. The van der Waals surface area contributed by atoms with Gasteiger partial charge in [0.15, 0.2) is 12.0 Å². The van der Waals surface area contributed by atoms with Crippen LogP contribution in [0, 0.1) is 6.92 Å². The Morgan fingerprint density at radius 3 is 2.94 bits per heavy atom. The van der Waals surface area contributed by atoms with Crippen LogP contribution in [0.5, 0.6) is 0 Å². The first-order chi connectivity index (χ1) is 8.76. The average Bonchev–Trinajstić information content (AvgIpc) is 2.85. The summed E-state index contributed by atoms with van der Waals surface area (Å²) >= 11 is 4.21. The minimum atomic E-state index is 0.527. The van der Waals surface area contributed by atoms with Crippen molar-refractivity contribution < 1.29 is 4.42 Å². The standard InChI is InChI=1S/C13H11N3OS/c1-8-4-11(16-13(6-18)15-8)9-2-3-10-12(5-9)17-7-14-10/h2-5,7,18H,6H2,1H3. The first-order valence-corrected chi connectivity index (χ1v) is 6.18. The van der Waals surface area contributed by atoms with E-state index in [2.05, 4.69) is 27.6 Å². The maximum absolute atomic E-state index is 5.30. The van der Waals surface area contributed by atoms with Gasteiger partial charge in [-0.3, -0.25) is 0 Å². The van der Waals surface area contributed by atoms with Crippen molar-refractivity contribution in [2.24, 2.45) is 0 Å². The molecule has 0 aliphatic rings. The highest BCUT2D eigenvalue weighted by Crippen LogP contribution is 2.23. The van der Waals surface area contributed by atoms with Crippen LogP contribution in [0.4, 0.5) is 0 Å². The minimum absolute atomic E-state index is 0.527. The molecular formula is C13H11N3OS. The third-order valence-corrected chi connectivity index (χ3v) is 2.95. The van der Waals surface area contributed by atoms with Gasteiger partial charge in [-0.05, 0) is 25.1 Å². The number of fused-ring (bicyclic) bond motifs is 1. The van der Waals surface area contributed by atoms with Crippen LogP contribution in [0.3, 0.4) is 0 Å². The lowest BCUT2D eigenvalue weighted by Gasteiger charge is -2.04. The largest absolute Gasteiger partial charge is 0.443 e. The average molecular weight is 257 g/mol. The van der Waals surface area contributed by atoms with Gasteiger partial charge in [0.2, 0.25) is 0 Å². The summed E-state index contributed by atoms with van der Waals surface area (Å²) in [5, 5.41) is 0. The second-order valence-electron chi connectivity index (χ2n) is 4.00. The topological polar surface area (TPSA) is 51.8 Å². The van der Waals surface area contributed by atoms with Gasteiger partial charge in [-0.15, -0.1) is 0 Å². The first-order valence-electron chi connectivity index (χ1n) is 5.55. The van der Waals surface area contributed by atoms with Crippen molar-refractivity contribution in [3.05, 3.63) is 42.2 Å². The molecule has 0 amide bonds. The summed E-state index contributed by atoms with van der Waals surface area (Å²) in [6.45, 7) is 1.95. The van der Waals surface area contributed by atoms with Crippen molar-refractivity contribution in [1.29, 1.82) is 0 Å². The van der Waals surface area contributed by atoms with Crippen molar-refractivity contribution in [2.45, 2.75) is 12.7 Å². The fourth-order valence-corrected chi connectivity index (χ4v) is 2.00. The molecule has 0 aliphatic carbocycles. The highest BCUT2D eigenvalue weighted by Gasteiger charge is 2.06. The molecule has 3 rings (SSSR count). The summed E-state index contributed by atoms with van der Waals surface area (Å²) in [7, 11) is 0. The van der Waals surface area contributed by atoms with Gasteiger partial charge in [-0.25, -0.2) is 15.0 Å². The summed E-state index contributed by atoms with van der Waals surface area (Å²) in [5.74, 6) is 1.25. The van der Waals surface area contributed by atoms with E-state index in [0.717, 1.165) is 33.9 Å². The van der Waals surface area contributed by atoms with Crippen molar-refractivity contribution in [1.82, 2.24) is 15.0 Å². The molecule has 2 aromatic heterocycles. The van der Waals surface area contributed by atoms with Crippen LogP contribution in [0.25, 0.3) is 22.4 Å². The normalized spacial score (nSPS) is 11.0. The van der Waals surface area contributed by atoms with E-state index in [-0.39, 0.29) is 0 Å². The Hall–Kier alpha value is -1.88. The molecule has 1 aromatic carbocycles. The summed E-state index contributed by atoms with van der Waals surface area (Å²) in [6, 6.07) is 7.79. The lowest BCUT2D eigenvalue weighted by molar-refractivity contribution is 0.602. The maximum Gasteiger partial charge on any atom is 0.181 e. The zero-order valence-corrected chi connectivity index (χ0v) is 10.7. The van der Waals surface area contributed by atoms with E-state index in [1.807, 2.05) is 31.2 Å². The van der Waals surface area contributed by atoms with E-state index in [9.17, 15) is 0 Å². The van der Waals surface area contributed by atoms with Crippen molar-refractivity contribution in [3.63, 3.8) is 0 Å². The van der Waals surface area contributed by atoms with E-state index in [0.29, 0.717) is 5.75 Å². The van der Waals surface area contributed by atoms with Gasteiger partial charge in [-0.2, -0.15) is 12.6 Å². The molecule has 5 heteroatoms. The van der Waals surface area contributed by atoms with Crippen LogP contribution < -0.4 is 0 Å². The van der Waals surface area contributed by atoms with Gasteiger partial charge >= 0.3 is 0 Å². The van der Waals surface area contributed by atoms with Gasteiger partial charge in [0.05, 0.1) is 11.4 Å². The van der Waals surface area contributed by atoms with E-state index in [1.54, 1.807) is 0 Å². The molecule has 0 bridgehead atoms. The van der Waals surface area contributed by atoms with Gasteiger partial charge < -0.3 is 4.42 Å². The Bertz CT molecular complexity index is 708. The summed E-state index contributed by atoms with van der Waals surface area (Å²) in [6.07, 6.45) is 1.44. The number of hydrogen-bond acceptors (Lipinski definition) is 5. The molecule has 4 nitrogen and oxygen atoms in total. The van der Waals surface area contributed by atoms with Gasteiger partial charge in [0.25, 0.3) is 0 Å². The molecule has 0 aliphatic heterocycles. The number of aromatic nitrogens is 3. The molecule has 90 valence electrons. The smallest absolute Gasteiger partial charge is 0.181 e. The molecular weight excluding hydrogens is 246 g/mol. The fraction of sp³-hybridized carbons (Fsp3) is 0.154. The Kier molecular flexibility index (Phi) is 2.76. The van der Waals surface area contributed by atoms with Crippen LogP contribution in [0.2, 0.25) is 0 Å². The lowest BCUT2D eigenvalue weighted by atomic mass is 10.1. The predicted molar refractivity (Wildman–Crippen MR) is 72.5 cm³/mol. The van der Waals surface area contributed by atoms with Gasteiger partial charge in [0, 0.05) is 11.3 Å². The molecule has 0 fully saturated rings. The molecule has 0 unspecified atom stereocenters.